The van der Waals surface area contributed by atoms with Crippen LogP contribution in [0.1, 0.15) is 29.7 Å². The van der Waals surface area contributed by atoms with Gasteiger partial charge in [0, 0.05) is 18.6 Å². The van der Waals surface area contributed by atoms with E-state index in [-0.39, 0.29) is 12.1 Å². The Hall–Kier alpha value is -0.680. The topological polar surface area (TPSA) is 29.3 Å². The van der Waals surface area contributed by atoms with Crippen LogP contribution in [0, 0.1) is 6.92 Å². The number of nitrogens with two attached hydrogens (primary N) is 1. The highest BCUT2D eigenvalue weighted by Gasteiger charge is 2.21. The number of rotatable bonds is 5. The largest absolute Gasteiger partial charge is 0.326 e. The minimum atomic E-state index is 0.0869. The molecule has 1 aromatic heterocycles. The van der Waals surface area contributed by atoms with Crippen LogP contribution in [-0.2, 0) is 6.54 Å². The Morgan fingerprint density at radius 3 is 2.65 bits per heavy atom. The summed E-state index contributed by atoms with van der Waals surface area (Å²) in [6.45, 7) is 5.10. The second-order valence-corrected chi connectivity index (χ2v) is 7.68. The third-order valence-corrected chi connectivity index (χ3v) is 4.96. The van der Waals surface area contributed by atoms with Crippen molar-refractivity contribution in [3.05, 3.63) is 56.2 Å². The quantitative estimate of drug-likeness (QED) is 0.866. The zero-order chi connectivity index (χ0) is 14.7. The van der Waals surface area contributed by atoms with Crippen molar-refractivity contribution in [1.82, 2.24) is 4.90 Å². The number of thiophene rings is 1. The molecule has 0 amide bonds. The van der Waals surface area contributed by atoms with Gasteiger partial charge in [0.05, 0.1) is 3.79 Å². The Labute approximate surface area is 133 Å². The lowest BCUT2D eigenvalue weighted by atomic mass is 9.97. The van der Waals surface area contributed by atoms with Gasteiger partial charge in [-0.3, -0.25) is 4.90 Å². The second kappa shape index (κ2) is 6.85. The summed E-state index contributed by atoms with van der Waals surface area (Å²) in [6.07, 6.45) is 0. The number of nitrogens with zero attached hydrogens (tertiary/aromatic N) is 1. The highest BCUT2D eigenvalue weighted by Crippen LogP contribution is 2.27. The fourth-order valence-corrected chi connectivity index (χ4v) is 3.83. The number of likely N-dealkylation sites (N-methyl/N-ethyl adjacent to an activating group) is 1. The maximum atomic E-state index is 6.23. The van der Waals surface area contributed by atoms with Crippen LogP contribution in [0.2, 0.25) is 0 Å². The van der Waals surface area contributed by atoms with Crippen molar-refractivity contribution in [3.8, 4) is 0 Å². The first kappa shape index (κ1) is 15.7. The van der Waals surface area contributed by atoms with Gasteiger partial charge in [0.1, 0.15) is 0 Å². The van der Waals surface area contributed by atoms with Crippen molar-refractivity contribution in [2.24, 2.45) is 5.73 Å². The zero-order valence-electron chi connectivity index (χ0n) is 12.1. The first-order valence-corrected chi connectivity index (χ1v) is 8.40. The van der Waals surface area contributed by atoms with Crippen molar-refractivity contribution in [2.75, 3.05) is 7.05 Å². The van der Waals surface area contributed by atoms with E-state index in [9.17, 15) is 0 Å². The summed E-state index contributed by atoms with van der Waals surface area (Å²) >= 11 is 5.24. The van der Waals surface area contributed by atoms with Crippen LogP contribution >= 0.6 is 27.3 Å². The summed E-state index contributed by atoms with van der Waals surface area (Å²) in [4.78, 5) is 2.33. The lowest BCUT2D eigenvalue weighted by molar-refractivity contribution is 0.211. The van der Waals surface area contributed by atoms with Crippen molar-refractivity contribution < 1.29 is 0 Å². The van der Waals surface area contributed by atoms with E-state index in [0.717, 1.165) is 6.54 Å². The van der Waals surface area contributed by atoms with E-state index in [1.165, 1.54) is 20.5 Å². The Morgan fingerprint density at radius 2 is 2.10 bits per heavy atom. The third kappa shape index (κ3) is 3.92. The number of aryl methyl sites for hydroxylation is 1. The molecule has 0 aliphatic rings. The van der Waals surface area contributed by atoms with Crippen LogP contribution in [0.15, 0.2) is 39.5 Å². The molecule has 2 rings (SSSR count). The lowest BCUT2D eigenvalue weighted by Gasteiger charge is -2.31. The number of hydrogen-bond acceptors (Lipinski definition) is 3. The molecule has 0 radical (unpaired) electrons. The van der Waals surface area contributed by atoms with E-state index < -0.39 is 0 Å². The summed E-state index contributed by atoms with van der Waals surface area (Å²) in [5.41, 5.74) is 10.1. The van der Waals surface area contributed by atoms with E-state index >= 15 is 0 Å². The van der Waals surface area contributed by atoms with Crippen LogP contribution in [0.5, 0.6) is 0 Å². The molecule has 2 atom stereocenters. The van der Waals surface area contributed by atoms with Gasteiger partial charge in [-0.15, -0.1) is 11.3 Å². The number of hydrogen-bond donors (Lipinski definition) is 1. The molecule has 2 nitrogen and oxygen atoms in total. The molecule has 0 aliphatic carbocycles. The number of benzene rings is 1. The van der Waals surface area contributed by atoms with E-state index in [4.69, 9.17) is 5.73 Å². The van der Waals surface area contributed by atoms with E-state index in [2.05, 4.69) is 77.4 Å². The summed E-state index contributed by atoms with van der Waals surface area (Å²) in [5.74, 6) is 0. The average Bonchev–Trinajstić information content (AvgIpc) is 2.74. The minimum Gasteiger partial charge on any atom is -0.326 e. The molecule has 0 spiro atoms. The SMILES string of the molecule is Cc1cccc(C(C(C)N)N(C)Cc2csc(Br)c2)c1. The van der Waals surface area contributed by atoms with Gasteiger partial charge in [0.15, 0.2) is 0 Å². The molecule has 0 saturated heterocycles. The van der Waals surface area contributed by atoms with E-state index in [0.29, 0.717) is 0 Å². The fraction of sp³-hybridized carbons (Fsp3) is 0.375. The van der Waals surface area contributed by atoms with Crippen LogP contribution in [-0.4, -0.2) is 18.0 Å². The standard InChI is InChI=1S/C16H21BrN2S/c1-11-5-4-6-14(7-11)16(12(2)18)19(3)9-13-8-15(17)20-10-13/h4-8,10,12,16H,9,18H2,1-3H3. The number of halogens is 1. The average molecular weight is 353 g/mol. The summed E-state index contributed by atoms with van der Waals surface area (Å²) in [5, 5.41) is 2.19. The second-order valence-electron chi connectivity index (χ2n) is 5.39. The molecule has 0 aliphatic heterocycles. The van der Waals surface area contributed by atoms with Crippen LogP contribution in [0.3, 0.4) is 0 Å². The Balaban J connectivity index is 2.20. The molecular formula is C16H21BrN2S. The van der Waals surface area contributed by atoms with Gasteiger partial charge in [0.25, 0.3) is 0 Å². The molecule has 1 heterocycles. The molecule has 108 valence electrons. The molecule has 2 unspecified atom stereocenters. The summed E-state index contributed by atoms with van der Waals surface area (Å²) in [7, 11) is 2.14. The molecule has 2 N–H and O–H groups in total. The van der Waals surface area contributed by atoms with Crippen molar-refractivity contribution >= 4 is 27.3 Å². The highest BCUT2D eigenvalue weighted by atomic mass is 79.9. The minimum absolute atomic E-state index is 0.0869. The van der Waals surface area contributed by atoms with Gasteiger partial charge < -0.3 is 5.73 Å². The van der Waals surface area contributed by atoms with Crippen LogP contribution < -0.4 is 5.73 Å². The molecule has 1 aromatic carbocycles. The predicted molar refractivity (Wildman–Crippen MR) is 91.1 cm³/mol. The molecule has 0 fully saturated rings. The Morgan fingerprint density at radius 1 is 1.35 bits per heavy atom. The lowest BCUT2D eigenvalue weighted by Crippen LogP contribution is -2.36. The predicted octanol–water partition coefficient (Wildman–Crippen LogP) is 4.34. The smallest absolute Gasteiger partial charge is 0.0701 e. The van der Waals surface area contributed by atoms with Crippen molar-refractivity contribution in [1.29, 1.82) is 0 Å². The Kier molecular flexibility index (Phi) is 5.38. The van der Waals surface area contributed by atoms with Gasteiger partial charge in [0.2, 0.25) is 0 Å². The maximum absolute atomic E-state index is 6.23. The maximum Gasteiger partial charge on any atom is 0.0701 e. The highest BCUT2D eigenvalue weighted by molar-refractivity contribution is 9.11. The normalized spacial score (nSPS) is 14.5. The van der Waals surface area contributed by atoms with Crippen LogP contribution in [0.25, 0.3) is 0 Å². The molecule has 0 bridgehead atoms. The van der Waals surface area contributed by atoms with Gasteiger partial charge in [-0.25, -0.2) is 0 Å². The zero-order valence-corrected chi connectivity index (χ0v) is 14.5. The van der Waals surface area contributed by atoms with Crippen LogP contribution in [0.4, 0.5) is 0 Å². The van der Waals surface area contributed by atoms with Crippen molar-refractivity contribution in [2.45, 2.75) is 32.5 Å². The van der Waals surface area contributed by atoms with Crippen molar-refractivity contribution in [3.63, 3.8) is 0 Å². The monoisotopic (exact) mass is 352 g/mol. The first-order chi connectivity index (χ1) is 9.47. The third-order valence-electron chi connectivity index (χ3n) is 3.41. The van der Waals surface area contributed by atoms with Gasteiger partial charge in [-0.2, -0.15) is 0 Å². The van der Waals surface area contributed by atoms with E-state index in [1.807, 2.05) is 0 Å². The molecule has 2 aromatic rings. The van der Waals surface area contributed by atoms with Gasteiger partial charge >= 0.3 is 0 Å². The molecule has 20 heavy (non-hydrogen) atoms. The first-order valence-electron chi connectivity index (χ1n) is 6.72. The van der Waals surface area contributed by atoms with Gasteiger partial charge in [-0.05, 0) is 59.4 Å². The fourth-order valence-electron chi connectivity index (χ4n) is 2.63. The summed E-state index contributed by atoms with van der Waals surface area (Å²) in [6, 6.07) is 11.1. The van der Waals surface area contributed by atoms with E-state index in [1.54, 1.807) is 11.3 Å². The molecule has 4 heteroatoms. The Bertz CT molecular complexity index is 565. The van der Waals surface area contributed by atoms with Gasteiger partial charge in [-0.1, -0.05) is 29.8 Å². The molecular weight excluding hydrogens is 332 g/mol. The summed E-state index contributed by atoms with van der Waals surface area (Å²) < 4.78 is 1.17. The molecule has 0 saturated carbocycles.